The number of thiophene rings is 1. The number of hydrogen-bond donors (Lipinski definition) is 1. The van der Waals surface area contributed by atoms with Crippen LogP contribution in [0.4, 0.5) is 5.69 Å². The van der Waals surface area contributed by atoms with Crippen molar-refractivity contribution in [3.05, 3.63) is 69.4 Å². The maximum Gasteiger partial charge on any atom is 0.265 e. The number of halogens is 1. The second-order valence-corrected chi connectivity index (χ2v) is 7.22. The van der Waals surface area contributed by atoms with Crippen LogP contribution in [0.5, 0.6) is 17.2 Å². The van der Waals surface area contributed by atoms with Crippen LogP contribution in [0.2, 0.25) is 5.02 Å². The highest BCUT2D eigenvalue weighted by Crippen LogP contribution is 2.33. The van der Waals surface area contributed by atoms with Crippen LogP contribution in [0.1, 0.15) is 15.2 Å². The van der Waals surface area contributed by atoms with E-state index in [4.69, 9.17) is 25.8 Å². The second kappa shape index (κ2) is 7.90. The molecule has 0 saturated carbocycles. The van der Waals surface area contributed by atoms with Crippen LogP contribution in [0, 0.1) is 0 Å². The molecule has 0 bridgehead atoms. The molecule has 4 rings (SSSR count). The number of fused-ring (bicyclic) bond motifs is 1. The van der Waals surface area contributed by atoms with Crippen LogP contribution in [0.25, 0.3) is 0 Å². The van der Waals surface area contributed by atoms with E-state index in [9.17, 15) is 4.79 Å². The number of rotatable bonds is 5. The van der Waals surface area contributed by atoms with Gasteiger partial charge in [0.25, 0.3) is 5.91 Å². The van der Waals surface area contributed by atoms with Crippen molar-refractivity contribution < 1.29 is 19.0 Å². The summed E-state index contributed by atoms with van der Waals surface area (Å²) < 4.78 is 16.7. The summed E-state index contributed by atoms with van der Waals surface area (Å²) in [6.07, 6.45) is 0. The van der Waals surface area contributed by atoms with Gasteiger partial charge >= 0.3 is 0 Å². The Morgan fingerprint density at radius 2 is 1.85 bits per heavy atom. The Bertz CT molecular complexity index is 955. The lowest BCUT2D eigenvalue weighted by molar-refractivity contribution is 0.103. The quantitative estimate of drug-likeness (QED) is 0.653. The molecule has 27 heavy (non-hydrogen) atoms. The first-order chi connectivity index (χ1) is 13.2. The van der Waals surface area contributed by atoms with E-state index in [0.29, 0.717) is 46.9 Å². The number of benzene rings is 2. The minimum Gasteiger partial charge on any atom is -0.489 e. The van der Waals surface area contributed by atoms with Gasteiger partial charge in [0.2, 0.25) is 0 Å². The Hall–Kier alpha value is -2.70. The number of ether oxygens (including phenoxy) is 3. The van der Waals surface area contributed by atoms with Gasteiger partial charge in [-0.25, -0.2) is 0 Å². The number of anilines is 1. The SMILES string of the molecule is O=C(Nc1ccc2c(c1)OCCO2)c1cc(COc2ccc(Cl)cc2)cs1. The van der Waals surface area contributed by atoms with Crippen LogP contribution in [-0.4, -0.2) is 19.1 Å². The average molecular weight is 402 g/mol. The summed E-state index contributed by atoms with van der Waals surface area (Å²) in [5.41, 5.74) is 1.60. The van der Waals surface area contributed by atoms with E-state index in [-0.39, 0.29) is 5.91 Å². The van der Waals surface area contributed by atoms with Gasteiger partial charge < -0.3 is 19.5 Å². The van der Waals surface area contributed by atoms with Crippen molar-refractivity contribution in [2.24, 2.45) is 0 Å². The maximum absolute atomic E-state index is 12.5. The molecule has 0 radical (unpaired) electrons. The molecule has 0 unspecified atom stereocenters. The standard InChI is InChI=1S/C20H16ClNO4S/c21-14-1-4-16(5-2-14)26-11-13-9-19(27-12-13)20(23)22-15-3-6-17-18(10-15)25-8-7-24-17/h1-6,9-10,12H,7-8,11H2,(H,22,23). The Kier molecular flexibility index (Phi) is 5.18. The van der Waals surface area contributed by atoms with E-state index >= 15 is 0 Å². The van der Waals surface area contributed by atoms with Crippen molar-refractivity contribution in [3.63, 3.8) is 0 Å². The Balaban J connectivity index is 1.37. The lowest BCUT2D eigenvalue weighted by atomic mass is 10.2. The average Bonchev–Trinajstić information content (AvgIpc) is 3.17. The highest BCUT2D eigenvalue weighted by molar-refractivity contribution is 7.12. The molecule has 2 aromatic carbocycles. The van der Waals surface area contributed by atoms with Crippen molar-refractivity contribution in [1.82, 2.24) is 0 Å². The maximum atomic E-state index is 12.5. The third kappa shape index (κ3) is 4.35. The Morgan fingerprint density at radius 3 is 2.67 bits per heavy atom. The molecule has 0 saturated heterocycles. The topological polar surface area (TPSA) is 56.8 Å². The Labute approximate surface area is 165 Å². The molecule has 2 heterocycles. The van der Waals surface area contributed by atoms with E-state index in [1.165, 1.54) is 11.3 Å². The number of carbonyl (C=O) groups excluding carboxylic acids is 1. The third-order valence-corrected chi connectivity index (χ3v) is 5.13. The van der Waals surface area contributed by atoms with Crippen molar-refractivity contribution in [1.29, 1.82) is 0 Å². The summed E-state index contributed by atoms with van der Waals surface area (Å²) in [5.74, 6) is 1.89. The molecule has 1 amide bonds. The summed E-state index contributed by atoms with van der Waals surface area (Å²) in [7, 11) is 0. The molecule has 0 aliphatic carbocycles. The van der Waals surface area contributed by atoms with Gasteiger partial charge in [-0.1, -0.05) is 11.6 Å². The number of amides is 1. The van der Waals surface area contributed by atoms with Gasteiger partial charge in [0.05, 0.1) is 4.88 Å². The first kappa shape index (κ1) is 17.7. The van der Waals surface area contributed by atoms with Crippen LogP contribution >= 0.6 is 22.9 Å². The number of carbonyl (C=O) groups is 1. The smallest absolute Gasteiger partial charge is 0.265 e. The number of nitrogens with one attached hydrogen (secondary N) is 1. The van der Waals surface area contributed by atoms with Gasteiger partial charge in [-0.3, -0.25) is 4.79 Å². The van der Waals surface area contributed by atoms with E-state index in [2.05, 4.69) is 5.32 Å². The first-order valence-electron chi connectivity index (χ1n) is 8.34. The summed E-state index contributed by atoms with van der Waals surface area (Å²) in [5, 5.41) is 5.46. The predicted molar refractivity (Wildman–Crippen MR) is 105 cm³/mol. The molecule has 0 fully saturated rings. The van der Waals surface area contributed by atoms with Crippen molar-refractivity contribution >= 4 is 34.5 Å². The fourth-order valence-corrected chi connectivity index (χ4v) is 3.50. The fraction of sp³-hybridized carbons (Fsp3) is 0.150. The zero-order valence-corrected chi connectivity index (χ0v) is 15.8. The molecule has 0 atom stereocenters. The first-order valence-corrected chi connectivity index (χ1v) is 9.60. The molecular formula is C20H16ClNO4S. The van der Waals surface area contributed by atoms with Gasteiger partial charge in [0.15, 0.2) is 11.5 Å². The molecular weight excluding hydrogens is 386 g/mol. The summed E-state index contributed by atoms with van der Waals surface area (Å²) in [6, 6.07) is 14.4. The normalized spacial score (nSPS) is 12.5. The highest BCUT2D eigenvalue weighted by Gasteiger charge is 2.14. The summed E-state index contributed by atoms with van der Waals surface area (Å²) in [6.45, 7) is 1.43. The van der Waals surface area contributed by atoms with E-state index in [1.807, 2.05) is 23.6 Å². The molecule has 1 N–H and O–H groups in total. The minimum atomic E-state index is -0.172. The largest absolute Gasteiger partial charge is 0.489 e. The van der Waals surface area contributed by atoms with E-state index in [0.717, 1.165) is 11.3 Å². The van der Waals surface area contributed by atoms with Crippen LogP contribution in [-0.2, 0) is 6.61 Å². The number of hydrogen-bond acceptors (Lipinski definition) is 5. The zero-order valence-electron chi connectivity index (χ0n) is 14.2. The van der Waals surface area contributed by atoms with Crippen LogP contribution < -0.4 is 19.5 Å². The molecule has 1 aliphatic heterocycles. The molecule has 3 aromatic rings. The van der Waals surface area contributed by atoms with Gasteiger partial charge in [-0.05, 0) is 47.8 Å². The van der Waals surface area contributed by atoms with Crippen molar-refractivity contribution in [2.45, 2.75) is 6.61 Å². The molecule has 7 heteroatoms. The van der Waals surface area contributed by atoms with Gasteiger partial charge in [0, 0.05) is 22.3 Å². The van der Waals surface area contributed by atoms with Gasteiger partial charge in [-0.15, -0.1) is 11.3 Å². The van der Waals surface area contributed by atoms with E-state index < -0.39 is 0 Å². The van der Waals surface area contributed by atoms with Crippen LogP contribution in [0.3, 0.4) is 0 Å². The molecule has 138 valence electrons. The monoisotopic (exact) mass is 401 g/mol. The lowest BCUT2D eigenvalue weighted by Crippen LogP contribution is -2.16. The van der Waals surface area contributed by atoms with Crippen molar-refractivity contribution in [3.8, 4) is 17.2 Å². The summed E-state index contributed by atoms with van der Waals surface area (Å²) >= 11 is 7.23. The summed E-state index contributed by atoms with van der Waals surface area (Å²) in [4.78, 5) is 13.1. The second-order valence-electron chi connectivity index (χ2n) is 5.87. The molecule has 5 nitrogen and oxygen atoms in total. The third-order valence-electron chi connectivity index (χ3n) is 3.90. The lowest BCUT2D eigenvalue weighted by Gasteiger charge is -2.18. The molecule has 0 spiro atoms. The molecule has 1 aromatic heterocycles. The van der Waals surface area contributed by atoms with E-state index in [1.54, 1.807) is 30.3 Å². The highest BCUT2D eigenvalue weighted by atomic mass is 35.5. The van der Waals surface area contributed by atoms with Gasteiger partial charge in [-0.2, -0.15) is 0 Å². The Morgan fingerprint density at radius 1 is 1.07 bits per heavy atom. The van der Waals surface area contributed by atoms with Gasteiger partial charge in [0.1, 0.15) is 25.6 Å². The zero-order chi connectivity index (χ0) is 18.6. The van der Waals surface area contributed by atoms with Crippen molar-refractivity contribution in [2.75, 3.05) is 18.5 Å². The predicted octanol–water partition coefficient (Wildman–Crippen LogP) is 5.00. The molecule has 1 aliphatic rings. The van der Waals surface area contributed by atoms with Crippen LogP contribution in [0.15, 0.2) is 53.9 Å². The minimum absolute atomic E-state index is 0.172. The fourth-order valence-electron chi connectivity index (χ4n) is 2.58.